The molecule has 1 unspecified atom stereocenters. The number of ether oxygens (including phenoxy) is 3. The molecule has 0 aromatic heterocycles. The van der Waals surface area contributed by atoms with Crippen LogP contribution >= 0.6 is 0 Å². The predicted molar refractivity (Wildman–Crippen MR) is 94.8 cm³/mol. The Morgan fingerprint density at radius 1 is 1.06 bits per heavy atom. The SMILES string of the molecule is C[C@@H]1CC[C@H]2[C@@H](C)[C@](OC(=O)CCC(=O)O)(C(F)(F)F)O[C@@H]3O[C@]4(C)CC[C@@H]1C32OO4. The summed E-state index contributed by atoms with van der Waals surface area (Å²) in [6.07, 6.45) is -5.79. The second-order valence-electron chi connectivity index (χ2n) is 9.35. The van der Waals surface area contributed by atoms with Crippen molar-refractivity contribution in [3.05, 3.63) is 0 Å². The van der Waals surface area contributed by atoms with Gasteiger partial charge in [0, 0.05) is 18.3 Å². The highest BCUT2D eigenvalue weighted by Crippen LogP contribution is 2.64. The average molecular weight is 452 g/mol. The van der Waals surface area contributed by atoms with E-state index in [1.807, 2.05) is 6.92 Å². The molecule has 0 amide bonds. The summed E-state index contributed by atoms with van der Waals surface area (Å²) in [5.41, 5.74) is -1.25. The molecule has 4 aliphatic heterocycles. The molecule has 8 atom stereocenters. The van der Waals surface area contributed by atoms with Crippen molar-refractivity contribution >= 4 is 11.9 Å². The number of carboxylic acid groups (broad SMARTS) is 1. The highest BCUT2D eigenvalue weighted by Gasteiger charge is 2.78. The number of halogens is 3. The van der Waals surface area contributed by atoms with E-state index in [-0.39, 0.29) is 11.8 Å². The summed E-state index contributed by atoms with van der Waals surface area (Å²) < 4.78 is 59.7. The van der Waals surface area contributed by atoms with Crippen LogP contribution in [0.25, 0.3) is 0 Å². The van der Waals surface area contributed by atoms with E-state index in [2.05, 4.69) is 0 Å². The number of carbonyl (C=O) groups excluding carboxylic acids is 1. The van der Waals surface area contributed by atoms with E-state index in [0.717, 1.165) is 0 Å². The van der Waals surface area contributed by atoms with Gasteiger partial charge in [-0.15, -0.1) is 0 Å². The molecule has 1 spiro atoms. The van der Waals surface area contributed by atoms with Crippen molar-refractivity contribution < 1.29 is 51.9 Å². The van der Waals surface area contributed by atoms with Gasteiger partial charge in [-0.05, 0) is 38.0 Å². The maximum atomic E-state index is 14.5. The van der Waals surface area contributed by atoms with Gasteiger partial charge in [0.2, 0.25) is 5.79 Å². The van der Waals surface area contributed by atoms with Crippen LogP contribution in [0.1, 0.15) is 59.3 Å². The van der Waals surface area contributed by atoms with Crippen LogP contribution in [0, 0.1) is 23.7 Å². The fourth-order valence-corrected chi connectivity index (χ4v) is 5.85. The Balaban J connectivity index is 1.75. The standard InChI is InChI=1S/C20H27F3O8/c1-10-4-5-13-11(2)19(20(21,22)23,27-15(26)7-6-14(24)25)29-16-18(13)12(10)8-9-17(3,28-16)30-31-18/h10-13,16H,4-9H2,1-3H3,(H,24,25)/t10-,11-,12+,13+,16+,17+,18?,19-/m1/s1. The molecule has 4 heterocycles. The Morgan fingerprint density at radius 2 is 1.77 bits per heavy atom. The summed E-state index contributed by atoms with van der Waals surface area (Å²) in [6, 6.07) is 0. The van der Waals surface area contributed by atoms with Gasteiger partial charge in [0.05, 0.1) is 12.8 Å². The van der Waals surface area contributed by atoms with Crippen molar-refractivity contribution in [3.63, 3.8) is 0 Å². The molecule has 1 aliphatic carbocycles. The van der Waals surface area contributed by atoms with Crippen LogP contribution in [0.2, 0.25) is 0 Å². The number of fused-ring (bicyclic) bond motifs is 2. The van der Waals surface area contributed by atoms with E-state index < -0.39 is 66.3 Å². The van der Waals surface area contributed by atoms with Crippen LogP contribution in [0.5, 0.6) is 0 Å². The van der Waals surface area contributed by atoms with Gasteiger partial charge < -0.3 is 14.6 Å². The lowest BCUT2D eigenvalue weighted by Gasteiger charge is -2.62. The van der Waals surface area contributed by atoms with Gasteiger partial charge >= 0.3 is 23.9 Å². The number of carboxylic acids is 1. The summed E-state index contributed by atoms with van der Waals surface area (Å²) in [5.74, 6) is -9.24. The summed E-state index contributed by atoms with van der Waals surface area (Å²) in [4.78, 5) is 34.4. The molecule has 5 fully saturated rings. The molecule has 0 aromatic rings. The zero-order valence-electron chi connectivity index (χ0n) is 17.6. The molecule has 176 valence electrons. The zero-order chi connectivity index (χ0) is 22.8. The molecular formula is C20H27F3O8. The third-order valence-electron chi connectivity index (χ3n) is 7.46. The van der Waals surface area contributed by atoms with Gasteiger partial charge in [-0.2, -0.15) is 13.2 Å². The smallest absolute Gasteiger partial charge is 0.455 e. The van der Waals surface area contributed by atoms with Crippen molar-refractivity contribution in [2.45, 2.75) is 88.9 Å². The molecule has 11 heteroatoms. The first-order valence-corrected chi connectivity index (χ1v) is 10.6. The van der Waals surface area contributed by atoms with E-state index in [1.165, 1.54) is 6.92 Å². The molecule has 0 radical (unpaired) electrons. The number of hydrogen-bond donors (Lipinski definition) is 1. The van der Waals surface area contributed by atoms with Crippen molar-refractivity contribution in [3.8, 4) is 0 Å². The maximum Gasteiger partial charge on any atom is 0.455 e. The van der Waals surface area contributed by atoms with Gasteiger partial charge in [-0.1, -0.05) is 13.8 Å². The third kappa shape index (κ3) is 3.35. The number of carbonyl (C=O) groups is 2. The number of aliphatic carboxylic acids is 1. The van der Waals surface area contributed by atoms with Gasteiger partial charge in [0.1, 0.15) is 0 Å². The van der Waals surface area contributed by atoms with Gasteiger partial charge in [-0.25, -0.2) is 9.78 Å². The Bertz CT molecular complexity index is 759. The summed E-state index contributed by atoms with van der Waals surface area (Å²) in [5, 5.41) is 8.76. The molecule has 5 aliphatic rings. The lowest BCUT2D eigenvalue weighted by molar-refractivity contribution is -0.596. The molecule has 2 bridgehead atoms. The monoisotopic (exact) mass is 452 g/mol. The van der Waals surface area contributed by atoms with Crippen molar-refractivity contribution in [1.29, 1.82) is 0 Å². The number of esters is 1. The van der Waals surface area contributed by atoms with Gasteiger partial charge in [-0.3, -0.25) is 14.3 Å². The third-order valence-corrected chi connectivity index (χ3v) is 7.46. The second-order valence-corrected chi connectivity index (χ2v) is 9.35. The predicted octanol–water partition coefficient (Wildman–Crippen LogP) is 3.53. The molecule has 0 aromatic carbocycles. The molecule has 4 saturated heterocycles. The summed E-state index contributed by atoms with van der Waals surface area (Å²) in [6.45, 7) is 4.92. The highest BCUT2D eigenvalue weighted by atomic mass is 19.4. The van der Waals surface area contributed by atoms with Crippen LogP contribution in [0.15, 0.2) is 0 Å². The lowest BCUT2D eigenvalue weighted by atomic mass is 9.57. The second kappa shape index (κ2) is 7.29. The Hall–Kier alpha value is -1.43. The van der Waals surface area contributed by atoms with Crippen molar-refractivity contribution in [2.75, 3.05) is 0 Å². The van der Waals surface area contributed by atoms with E-state index in [0.29, 0.717) is 25.7 Å². The van der Waals surface area contributed by atoms with Crippen molar-refractivity contribution in [2.24, 2.45) is 23.7 Å². The van der Waals surface area contributed by atoms with E-state index in [4.69, 9.17) is 29.1 Å². The van der Waals surface area contributed by atoms with E-state index in [1.54, 1.807) is 6.92 Å². The van der Waals surface area contributed by atoms with Gasteiger partial charge in [0.25, 0.3) is 0 Å². The quantitative estimate of drug-likeness (QED) is 0.511. The Kier molecular flexibility index (Phi) is 5.35. The summed E-state index contributed by atoms with van der Waals surface area (Å²) in [7, 11) is 0. The minimum absolute atomic E-state index is 0.152. The largest absolute Gasteiger partial charge is 0.481 e. The topological polar surface area (TPSA) is 101 Å². The molecule has 8 nitrogen and oxygen atoms in total. The lowest BCUT2D eigenvalue weighted by Crippen LogP contribution is -2.76. The number of rotatable bonds is 4. The normalized spacial score (nSPS) is 46.7. The fraction of sp³-hybridized carbons (Fsp3) is 0.900. The number of alkyl halides is 3. The fourth-order valence-electron chi connectivity index (χ4n) is 5.85. The van der Waals surface area contributed by atoms with E-state index in [9.17, 15) is 22.8 Å². The zero-order valence-corrected chi connectivity index (χ0v) is 17.6. The Labute approximate surface area is 177 Å². The molecular weight excluding hydrogens is 425 g/mol. The van der Waals surface area contributed by atoms with Crippen LogP contribution in [0.3, 0.4) is 0 Å². The minimum Gasteiger partial charge on any atom is -0.481 e. The van der Waals surface area contributed by atoms with Crippen LogP contribution in [-0.4, -0.2) is 46.7 Å². The molecule has 5 rings (SSSR count). The van der Waals surface area contributed by atoms with E-state index >= 15 is 0 Å². The van der Waals surface area contributed by atoms with Crippen LogP contribution in [0.4, 0.5) is 13.2 Å². The first-order valence-electron chi connectivity index (χ1n) is 10.6. The number of hydrogen-bond acceptors (Lipinski definition) is 7. The summed E-state index contributed by atoms with van der Waals surface area (Å²) >= 11 is 0. The van der Waals surface area contributed by atoms with Crippen molar-refractivity contribution in [1.82, 2.24) is 0 Å². The highest BCUT2D eigenvalue weighted by molar-refractivity contribution is 5.76. The van der Waals surface area contributed by atoms with Crippen LogP contribution < -0.4 is 0 Å². The molecule has 1 N–H and O–H groups in total. The molecule has 1 saturated carbocycles. The van der Waals surface area contributed by atoms with Crippen LogP contribution in [-0.2, 0) is 33.6 Å². The maximum absolute atomic E-state index is 14.5. The Morgan fingerprint density at radius 3 is 2.42 bits per heavy atom. The van der Waals surface area contributed by atoms with Gasteiger partial charge in [0.15, 0.2) is 11.9 Å². The average Bonchev–Trinajstić information content (AvgIpc) is 2.89. The first-order chi connectivity index (χ1) is 14.3. The molecule has 31 heavy (non-hydrogen) atoms. The first kappa shape index (κ1) is 22.8. The minimum atomic E-state index is -5.08.